The fraction of sp³-hybridized carbons (Fsp3) is 0.625. The van der Waals surface area contributed by atoms with Crippen LogP contribution in [0.2, 0.25) is 0 Å². The fourth-order valence-corrected chi connectivity index (χ4v) is 3.67. The zero-order chi connectivity index (χ0) is 15.0. The minimum Gasteiger partial charge on any atom is -0.321 e. The lowest BCUT2D eigenvalue weighted by atomic mass is 9.89. The van der Waals surface area contributed by atoms with Gasteiger partial charge in [-0.1, -0.05) is 0 Å². The highest BCUT2D eigenvalue weighted by Crippen LogP contribution is 2.32. The van der Waals surface area contributed by atoms with Crippen LogP contribution in [0.4, 0.5) is 5.69 Å². The third-order valence-electron chi connectivity index (χ3n) is 4.79. The molecule has 0 aliphatic carbocycles. The number of hydrogen-bond donors (Lipinski definition) is 2. The molecule has 0 spiro atoms. The van der Waals surface area contributed by atoms with Gasteiger partial charge in [0.1, 0.15) is 5.69 Å². The van der Waals surface area contributed by atoms with Crippen molar-refractivity contribution in [2.24, 2.45) is 13.0 Å². The third-order valence-corrected chi connectivity index (χ3v) is 4.79. The number of pyridine rings is 1. The summed E-state index contributed by atoms with van der Waals surface area (Å²) < 4.78 is 1.49. The molecule has 0 saturated carbocycles. The summed E-state index contributed by atoms with van der Waals surface area (Å²) >= 11 is 0. The van der Waals surface area contributed by atoms with Crippen molar-refractivity contribution in [3.05, 3.63) is 28.2 Å². The van der Waals surface area contributed by atoms with Gasteiger partial charge in [0, 0.05) is 31.7 Å². The Morgan fingerprint density at radius 2 is 2.05 bits per heavy atom. The van der Waals surface area contributed by atoms with Crippen LogP contribution in [0.25, 0.3) is 0 Å². The van der Waals surface area contributed by atoms with Gasteiger partial charge in [0.15, 0.2) is 0 Å². The fourth-order valence-electron chi connectivity index (χ4n) is 3.67. The van der Waals surface area contributed by atoms with E-state index in [1.54, 1.807) is 13.2 Å². The Bertz CT molecular complexity index is 596. The molecule has 0 aromatic carbocycles. The second kappa shape index (κ2) is 5.64. The lowest BCUT2D eigenvalue weighted by Crippen LogP contribution is -2.39. The van der Waals surface area contributed by atoms with Crippen molar-refractivity contribution in [2.45, 2.75) is 51.1 Å². The topological polar surface area (TPSA) is 63.1 Å². The van der Waals surface area contributed by atoms with Crippen molar-refractivity contribution < 1.29 is 4.79 Å². The molecule has 1 aromatic rings. The quantitative estimate of drug-likeness (QED) is 0.887. The van der Waals surface area contributed by atoms with Crippen LogP contribution in [0.15, 0.2) is 17.1 Å². The van der Waals surface area contributed by atoms with Crippen molar-refractivity contribution in [3.63, 3.8) is 0 Å². The predicted molar refractivity (Wildman–Crippen MR) is 82.3 cm³/mol. The van der Waals surface area contributed by atoms with Gasteiger partial charge in [-0.3, -0.25) is 9.59 Å². The first kappa shape index (κ1) is 14.3. The van der Waals surface area contributed by atoms with Gasteiger partial charge in [-0.25, -0.2) is 0 Å². The van der Waals surface area contributed by atoms with Gasteiger partial charge in [-0.05, 0) is 50.2 Å². The second-order valence-electron chi connectivity index (χ2n) is 6.52. The zero-order valence-electron chi connectivity index (χ0n) is 12.7. The molecule has 5 nitrogen and oxygen atoms in total. The third kappa shape index (κ3) is 3.02. The van der Waals surface area contributed by atoms with E-state index in [4.69, 9.17) is 0 Å². The number of anilines is 1. The summed E-state index contributed by atoms with van der Waals surface area (Å²) in [5.41, 5.74) is 1.09. The van der Waals surface area contributed by atoms with Crippen LogP contribution in [-0.4, -0.2) is 22.6 Å². The lowest BCUT2D eigenvalue weighted by Gasteiger charge is -2.28. The van der Waals surface area contributed by atoms with Crippen molar-refractivity contribution in [3.8, 4) is 0 Å². The second-order valence-corrected chi connectivity index (χ2v) is 6.52. The maximum absolute atomic E-state index is 12.3. The molecule has 2 N–H and O–H groups in total. The van der Waals surface area contributed by atoms with Gasteiger partial charge in [0.2, 0.25) is 5.91 Å². The molecule has 0 radical (unpaired) electrons. The summed E-state index contributed by atoms with van der Waals surface area (Å²) in [4.78, 5) is 24.3. The van der Waals surface area contributed by atoms with Crippen molar-refractivity contribution in [2.75, 3.05) is 5.32 Å². The van der Waals surface area contributed by atoms with E-state index in [0.29, 0.717) is 30.1 Å². The van der Waals surface area contributed by atoms with E-state index in [0.717, 1.165) is 18.4 Å². The van der Waals surface area contributed by atoms with Crippen LogP contribution in [0.1, 0.15) is 37.7 Å². The number of aryl methyl sites for hydroxylation is 2. The van der Waals surface area contributed by atoms with E-state index < -0.39 is 0 Å². The minimum atomic E-state index is -0.145. The molecule has 3 rings (SSSR count). The first-order chi connectivity index (χ1) is 10.0. The molecule has 1 amide bonds. The molecule has 2 fully saturated rings. The Balaban J connectivity index is 1.65. The normalized spacial score (nSPS) is 27.6. The molecule has 21 heavy (non-hydrogen) atoms. The number of amides is 1. The van der Waals surface area contributed by atoms with Gasteiger partial charge < -0.3 is 15.2 Å². The Morgan fingerprint density at radius 1 is 1.38 bits per heavy atom. The molecule has 5 heteroatoms. The first-order valence-corrected chi connectivity index (χ1v) is 7.75. The number of piperidine rings is 1. The summed E-state index contributed by atoms with van der Waals surface area (Å²) in [5.74, 6) is 0.407. The molecule has 2 saturated heterocycles. The Kier molecular flexibility index (Phi) is 3.85. The molecule has 2 aliphatic rings. The van der Waals surface area contributed by atoms with Gasteiger partial charge in [-0.2, -0.15) is 0 Å². The minimum absolute atomic E-state index is 0.0345. The van der Waals surface area contributed by atoms with Gasteiger partial charge in [0.25, 0.3) is 5.56 Å². The van der Waals surface area contributed by atoms with Gasteiger partial charge in [0.05, 0.1) is 0 Å². The smallest absolute Gasteiger partial charge is 0.274 e. The first-order valence-electron chi connectivity index (χ1n) is 7.75. The number of nitrogens with one attached hydrogen (secondary N) is 2. The summed E-state index contributed by atoms with van der Waals surface area (Å²) in [5, 5.41) is 6.41. The van der Waals surface area contributed by atoms with E-state index in [2.05, 4.69) is 10.6 Å². The monoisotopic (exact) mass is 289 g/mol. The highest BCUT2D eigenvalue weighted by Gasteiger charge is 2.34. The highest BCUT2D eigenvalue weighted by molar-refractivity contribution is 5.91. The van der Waals surface area contributed by atoms with Crippen LogP contribution in [-0.2, 0) is 11.8 Å². The largest absolute Gasteiger partial charge is 0.321 e. The molecule has 3 heterocycles. The Hall–Kier alpha value is -1.62. The molecule has 2 bridgehead atoms. The average Bonchev–Trinajstić information content (AvgIpc) is 2.78. The summed E-state index contributed by atoms with van der Waals surface area (Å²) in [6.45, 7) is 1.85. The number of carbonyl (C=O) groups is 1. The van der Waals surface area contributed by atoms with Crippen LogP contribution in [0, 0.1) is 12.8 Å². The SMILES string of the molecule is Cc1ccn(C)c(=O)c1NC(=O)CC1CC2CCC(C1)N2. The highest BCUT2D eigenvalue weighted by atomic mass is 16.2. The number of carbonyl (C=O) groups excluding carboxylic acids is 1. The molecule has 114 valence electrons. The Morgan fingerprint density at radius 3 is 2.71 bits per heavy atom. The van der Waals surface area contributed by atoms with Crippen molar-refractivity contribution in [1.29, 1.82) is 0 Å². The number of aromatic nitrogens is 1. The number of nitrogens with zero attached hydrogens (tertiary/aromatic N) is 1. The van der Waals surface area contributed by atoms with E-state index in [1.165, 1.54) is 17.4 Å². The maximum atomic E-state index is 12.3. The molecule has 2 atom stereocenters. The predicted octanol–water partition coefficient (Wildman–Crippen LogP) is 1.55. The van der Waals surface area contributed by atoms with E-state index in [-0.39, 0.29) is 11.5 Å². The molecule has 2 aliphatic heterocycles. The molecule has 2 unspecified atom stereocenters. The number of rotatable bonds is 3. The molecule has 1 aromatic heterocycles. The summed E-state index contributed by atoms with van der Waals surface area (Å²) in [6, 6.07) is 3.03. The molecular weight excluding hydrogens is 266 g/mol. The van der Waals surface area contributed by atoms with Crippen LogP contribution >= 0.6 is 0 Å². The molecular formula is C16H23N3O2. The Labute approximate surface area is 124 Å². The van der Waals surface area contributed by atoms with E-state index in [9.17, 15) is 9.59 Å². The standard InChI is InChI=1S/C16H23N3O2/c1-10-5-6-19(2)16(21)15(10)18-14(20)9-11-7-12-3-4-13(8-11)17-12/h5-6,11-13,17H,3-4,7-9H2,1-2H3,(H,18,20). The lowest BCUT2D eigenvalue weighted by molar-refractivity contribution is -0.117. The summed E-state index contributed by atoms with van der Waals surface area (Å²) in [7, 11) is 1.70. The van der Waals surface area contributed by atoms with Gasteiger partial charge in [-0.15, -0.1) is 0 Å². The van der Waals surface area contributed by atoms with Crippen LogP contribution in [0.5, 0.6) is 0 Å². The van der Waals surface area contributed by atoms with Gasteiger partial charge >= 0.3 is 0 Å². The van der Waals surface area contributed by atoms with Crippen LogP contribution in [0.3, 0.4) is 0 Å². The van der Waals surface area contributed by atoms with E-state index in [1.807, 2.05) is 13.0 Å². The van der Waals surface area contributed by atoms with Crippen molar-refractivity contribution >= 4 is 11.6 Å². The van der Waals surface area contributed by atoms with Crippen molar-refractivity contribution in [1.82, 2.24) is 9.88 Å². The number of fused-ring (bicyclic) bond motifs is 2. The maximum Gasteiger partial charge on any atom is 0.274 e. The zero-order valence-corrected chi connectivity index (χ0v) is 12.7. The number of hydrogen-bond acceptors (Lipinski definition) is 3. The summed E-state index contributed by atoms with van der Waals surface area (Å²) in [6.07, 6.45) is 6.87. The van der Waals surface area contributed by atoms with E-state index >= 15 is 0 Å². The average molecular weight is 289 g/mol. The van der Waals surface area contributed by atoms with Crippen LogP contribution < -0.4 is 16.2 Å².